The molecule has 0 fully saturated rings. The van der Waals surface area contributed by atoms with Crippen LogP contribution in [0.3, 0.4) is 0 Å². The molecular formula is C12H24N2O5. The Morgan fingerprint density at radius 2 is 1.95 bits per heavy atom. The standard InChI is InChI=1S/C12H24N2O5/c1-9(8-19-3)7-13-12(17)14-10(11(15)16)5-4-6-18-2/h9-10H,4-8H2,1-3H3,(H,15,16)(H2,13,14,17). The zero-order chi connectivity index (χ0) is 14.7. The predicted molar refractivity (Wildman–Crippen MR) is 70.1 cm³/mol. The van der Waals surface area contributed by atoms with Gasteiger partial charge in [-0.25, -0.2) is 9.59 Å². The molecule has 0 aliphatic heterocycles. The first-order chi connectivity index (χ1) is 9.01. The maximum atomic E-state index is 11.5. The van der Waals surface area contributed by atoms with Crippen LogP contribution in [-0.2, 0) is 14.3 Å². The molecule has 112 valence electrons. The van der Waals surface area contributed by atoms with Crippen molar-refractivity contribution in [2.45, 2.75) is 25.8 Å². The van der Waals surface area contributed by atoms with Crippen LogP contribution >= 0.6 is 0 Å². The quantitative estimate of drug-likeness (QED) is 0.503. The molecule has 0 bridgehead atoms. The van der Waals surface area contributed by atoms with Crippen LogP contribution in [0, 0.1) is 5.92 Å². The van der Waals surface area contributed by atoms with Crippen molar-refractivity contribution >= 4 is 12.0 Å². The highest BCUT2D eigenvalue weighted by molar-refractivity contribution is 5.82. The average molecular weight is 276 g/mol. The fraction of sp³-hybridized carbons (Fsp3) is 0.833. The molecule has 0 radical (unpaired) electrons. The Kier molecular flexibility index (Phi) is 9.82. The number of rotatable bonds is 10. The lowest BCUT2D eigenvalue weighted by atomic mass is 10.1. The second kappa shape index (κ2) is 10.6. The van der Waals surface area contributed by atoms with E-state index in [0.717, 1.165) is 0 Å². The second-order valence-electron chi connectivity index (χ2n) is 4.44. The van der Waals surface area contributed by atoms with Crippen molar-refractivity contribution < 1.29 is 24.2 Å². The maximum absolute atomic E-state index is 11.5. The average Bonchev–Trinajstić information content (AvgIpc) is 2.35. The second-order valence-corrected chi connectivity index (χ2v) is 4.44. The summed E-state index contributed by atoms with van der Waals surface area (Å²) >= 11 is 0. The molecule has 0 aromatic carbocycles. The van der Waals surface area contributed by atoms with E-state index in [-0.39, 0.29) is 5.92 Å². The molecule has 7 heteroatoms. The van der Waals surface area contributed by atoms with Crippen molar-refractivity contribution in [1.82, 2.24) is 10.6 Å². The summed E-state index contributed by atoms with van der Waals surface area (Å²) in [4.78, 5) is 22.5. The third kappa shape index (κ3) is 9.26. The minimum atomic E-state index is -1.05. The molecule has 7 nitrogen and oxygen atoms in total. The molecule has 0 aliphatic carbocycles. The first-order valence-electron chi connectivity index (χ1n) is 6.26. The largest absolute Gasteiger partial charge is 0.480 e. The molecule has 0 rings (SSSR count). The maximum Gasteiger partial charge on any atom is 0.326 e. The summed E-state index contributed by atoms with van der Waals surface area (Å²) < 4.78 is 9.79. The minimum Gasteiger partial charge on any atom is -0.480 e. The van der Waals surface area contributed by atoms with Gasteiger partial charge in [-0.3, -0.25) is 0 Å². The molecular weight excluding hydrogens is 252 g/mol. The van der Waals surface area contributed by atoms with Crippen LogP contribution in [0.5, 0.6) is 0 Å². The topological polar surface area (TPSA) is 96.9 Å². The fourth-order valence-electron chi connectivity index (χ4n) is 1.51. The molecule has 0 heterocycles. The number of carbonyl (C=O) groups excluding carboxylic acids is 1. The molecule has 0 aromatic rings. The number of amides is 2. The minimum absolute atomic E-state index is 0.174. The van der Waals surface area contributed by atoms with Crippen molar-refractivity contribution in [2.75, 3.05) is 34.0 Å². The lowest BCUT2D eigenvalue weighted by Gasteiger charge is -2.16. The van der Waals surface area contributed by atoms with Crippen molar-refractivity contribution in [1.29, 1.82) is 0 Å². The number of carboxylic acids is 1. The van der Waals surface area contributed by atoms with Crippen LogP contribution in [0.4, 0.5) is 4.79 Å². The summed E-state index contributed by atoms with van der Waals surface area (Å²) in [5.41, 5.74) is 0. The van der Waals surface area contributed by atoms with Crippen LogP contribution in [-0.4, -0.2) is 57.1 Å². The molecule has 19 heavy (non-hydrogen) atoms. The molecule has 0 saturated heterocycles. The van der Waals surface area contributed by atoms with Gasteiger partial charge in [-0.15, -0.1) is 0 Å². The number of urea groups is 1. The van der Waals surface area contributed by atoms with Crippen LogP contribution < -0.4 is 10.6 Å². The highest BCUT2D eigenvalue weighted by atomic mass is 16.5. The van der Waals surface area contributed by atoms with E-state index in [1.165, 1.54) is 0 Å². The Hall–Kier alpha value is -1.34. The SMILES string of the molecule is COCCCC(NC(=O)NCC(C)COC)C(=O)O. The van der Waals surface area contributed by atoms with E-state index < -0.39 is 18.0 Å². The third-order valence-electron chi connectivity index (χ3n) is 2.51. The first-order valence-corrected chi connectivity index (χ1v) is 6.26. The highest BCUT2D eigenvalue weighted by Crippen LogP contribution is 1.98. The molecule has 2 unspecified atom stereocenters. The number of carbonyl (C=O) groups is 2. The normalized spacial score (nSPS) is 13.6. The Bertz CT molecular complexity index is 273. The van der Waals surface area contributed by atoms with Crippen molar-refractivity contribution in [2.24, 2.45) is 5.92 Å². The number of ether oxygens (including phenoxy) is 2. The van der Waals surface area contributed by atoms with Gasteiger partial charge in [0.15, 0.2) is 0 Å². The number of nitrogens with one attached hydrogen (secondary N) is 2. The van der Waals surface area contributed by atoms with Gasteiger partial charge in [0.1, 0.15) is 6.04 Å². The summed E-state index contributed by atoms with van der Waals surface area (Å²) in [6.45, 7) is 3.37. The van der Waals surface area contributed by atoms with E-state index in [1.54, 1.807) is 14.2 Å². The molecule has 0 aliphatic rings. The summed E-state index contributed by atoms with van der Waals surface area (Å²) in [5, 5.41) is 14.0. The molecule has 0 saturated carbocycles. The van der Waals surface area contributed by atoms with Crippen LogP contribution in [0.1, 0.15) is 19.8 Å². The van der Waals surface area contributed by atoms with Crippen LogP contribution in [0.15, 0.2) is 0 Å². The lowest BCUT2D eigenvalue weighted by Crippen LogP contribution is -2.47. The van der Waals surface area contributed by atoms with Gasteiger partial charge in [0.05, 0.1) is 6.61 Å². The number of hydrogen-bond donors (Lipinski definition) is 3. The third-order valence-corrected chi connectivity index (χ3v) is 2.51. The summed E-state index contributed by atoms with van der Waals surface area (Å²) in [6.07, 6.45) is 0.915. The molecule has 2 amide bonds. The zero-order valence-electron chi connectivity index (χ0n) is 11.8. The molecule has 0 spiro atoms. The number of methoxy groups -OCH3 is 2. The van der Waals surface area contributed by atoms with E-state index in [2.05, 4.69) is 10.6 Å². The smallest absolute Gasteiger partial charge is 0.326 e. The predicted octanol–water partition coefficient (Wildman–Crippen LogP) is 0.448. The van der Waals surface area contributed by atoms with Crippen molar-refractivity contribution in [3.05, 3.63) is 0 Å². The van der Waals surface area contributed by atoms with Crippen LogP contribution in [0.25, 0.3) is 0 Å². The Labute approximate surface area is 113 Å². The van der Waals surface area contributed by atoms with Gasteiger partial charge in [0.25, 0.3) is 0 Å². The number of aliphatic carboxylic acids is 1. The molecule has 3 N–H and O–H groups in total. The van der Waals surface area contributed by atoms with E-state index in [9.17, 15) is 9.59 Å². The van der Waals surface area contributed by atoms with Crippen LogP contribution in [0.2, 0.25) is 0 Å². The summed E-state index contributed by atoms with van der Waals surface area (Å²) in [5.74, 6) is -0.872. The van der Waals surface area contributed by atoms with Gasteiger partial charge in [-0.05, 0) is 18.8 Å². The van der Waals surface area contributed by atoms with Crippen molar-refractivity contribution in [3.63, 3.8) is 0 Å². The van der Waals surface area contributed by atoms with Gasteiger partial charge in [-0.2, -0.15) is 0 Å². The zero-order valence-corrected chi connectivity index (χ0v) is 11.8. The monoisotopic (exact) mass is 276 g/mol. The van der Waals surface area contributed by atoms with Gasteiger partial charge >= 0.3 is 12.0 Å². The van der Waals surface area contributed by atoms with Gasteiger partial charge < -0.3 is 25.2 Å². The Morgan fingerprint density at radius 3 is 2.47 bits per heavy atom. The van der Waals surface area contributed by atoms with E-state index >= 15 is 0 Å². The van der Waals surface area contributed by atoms with E-state index in [4.69, 9.17) is 14.6 Å². The number of carboxylic acid groups (broad SMARTS) is 1. The Morgan fingerprint density at radius 1 is 1.26 bits per heavy atom. The summed E-state index contributed by atoms with van der Waals surface area (Å²) in [6, 6.07) is -1.37. The Balaban J connectivity index is 3.99. The number of hydrogen-bond acceptors (Lipinski definition) is 4. The molecule has 0 aromatic heterocycles. The first kappa shape index (κ1) is 17.7. The van der Waals surface area contributed by atoms with E-state index in [0.29, 0.717) is 32.6 Å². The van der Waals surface area contributed by atoms with Gasteiger partial charge in [0, 0.05) is 27.4 Å². The fourth-order valence-corrected chi connectivity index (χ4v) is 1.51. The molecule has 2 atom stereocenters. The highest BCUT2D eigenvalue weighted by Gasteiger charge is 2.19. The van der Waals surface area contributed by atoms with Crippen molar-refractivity contribution in [3.8, 4) is 0 Å². The van der Waals surface area contributed by atoms with Gasteiger partial charge in [0.2, 0.25) is 0 Å². The summed E-state index contributed by atoms with van der Waals surface area (Å²) in [7, 11) is 3.14. The lowest BCUT2D eigenvalue weighted by molar-refractivity contribution is -0.139. The van der Waals surface area contributed by atoms with E-state index in [1.807, 2.05) is 6.92 Å². The van der Waals surface area contributed by atoms with Gasteiger partial charge in [-0.1, -0.05) is 6.92 Å².